The predicted octanol–water partition coefficient (Wildman–Crippen LogP) is 3.50. The van der Waals surface area contributed by atoms with E-state index < -0.39 is 0 Å². The molecule has 3 saturated carbocycles. The van der Waals surface area contributed by atoms with E-state index in [9.17, 15) is 5.11 Å². The molecule has 4 rings (SSSR count). The van der Waals surface area contributed by atoms with Crippen molar-refractivity contribution in [3.8, 4) is 0 Å². The summed E-state index contributed by atoms with van der Waals surface area (Å²) in [7, 11) is 0. The Morgan fingerprint density at radius 3 is 2.26 bits per heavy atom. The average molecular weight is 256 g/mol. The first-order valence-corrected chi connectivity index (χ1v) is 7.90. The predicted molar refractivity (Wildman–Crippen MR) is 76.9 cm³/mol. The fourth-order valence-corrected chi connectivity index (χ4v) is 5.42. The molecular formula is C18H24O. The van der Waals surface area contributed by atoms with E-state index in [2.05, 4.69) is 32.0 Å². The maximum Gasteiger partial charge on any atom is 0.0614 e. The molecule has 102 valence electrons. The molecule has 1 heteroatoms. The third kappa shape index (κ3) is 1.71. The molecular weight excluding hydrogens is 232 g/mol. The first-order chi connectivity index (χ1) is 9.16. The van der Waals surface area contributed by atoms with Crippen LogP contribution in [-0.4, -0.2) is 11.2 Å². The summed E-state index contributed by atoms with van der Waals surface area (Å²) in [5.74, 6) is 4.33. The molecule has 3 aliphatic carbocycles. The molecule has 0 saturated heterocycles. The van der Waals surface area contributed by atoms with Crippen molar-refractivity contribution in [3.63, 3.8) is 0 Å². The molecule has 3 fully saturated rings. The summed E-state index contributed by atoms with van der Waals surface area (Å²) < 4.78 is 0. The van der Waals surface area contributed by atoms with E-state index in [0.29, 0.717) is 5.92 Å². The van der Waals surface area contributed by atoms with Crippen LogP contribution in [-0.2, 0) is 6.42 Å². The molecule has 1 N–H and O–H groups in total. The number of aliphatic hydroxyl groups is 1. The van der Waals surface area contributed by atoms with Gasteiger partial charge in [-0.15, -0.1) is 0 Å². The Morgan fingerprint density at radius 2 is 1.68 bits per heavy atom. The van der Waals surface area contributed by atoms with Gasteiger partial charge in [0.1, 0.15) is 0 Å². The standard InChI is InChI=1S/C18H24O/c1-10-4-3-5-11(2)14(10)9-15(19)18-16-12-6-7-13(8-12)17(16)18/h3-5,12-13,15-19H,6-9H2,1-2H3. The number of benzene rings is 1. The van der Waals surface area contributed by atoms with E-state index >= 15 is 0 Å². The van der Waals surface area contributed by atoms with Crippen LogP contribution in [0.4, 0.5) is 0 Å². The van der Waals surface area contributed by atoms with E-state index in [0.717, 1.165) is 30.1 Å². The Hall–Kier alpha value is -0.820. The van der Waals surface area contributed by atoms with Crippen molar-refractivity contribution >= 4 is 0 Å². The van der Waals surface area contributed by atoms with E-state index in [1.54, 1.807) is 0 Å². The van der Waals surface area contributed by atoms with Crippen LogP contribution in [0, 0.1) is 43.4 Å². The van der Waals surface area contributed by atoms with Crippen LogP contribution in [0.25, 0.3) is 0 Å². The number of fused-ring (bicyclic) bond motifs is 5. The number of aliphatic hydroxyl groups excluding tert-OH is 1. The van der Waals surface area contributed by atoms with Crippen LogP contribution in [0.3, 0.4) is 0 Å². The molecule has 0 heterocycles. The summed E-state index contributed by atoms with van der Waals surface area (Å²) >= 11 is 0. The lowest BCUT2D eigenvalue weighted by molar-refractivity contribution is 0.128. The van der Waals surface area contributed by atoms with Crippen LogP contribution < -0.4 is 0 Å². The Balaban J connectivity index is 1.50. The zero-order valence-electron chi connectivity index (χ0n) is 12.0. The second-order valence-corrected chi connectivity index (χ2v) is 7.21. The lowest BCUT2D eigenvalue weighted by Crippen LogP contribution is -2.19. The smallest absolute Gasteiger partial charge is 0.0614 e. The molecule has 1 aromatic carbocycles. The summed E-state index contributed by atoms with van der Waals surface area (Å²) in [5.41, 5.74) is 4.06. The molecule has 0 spiro atoms. The number of rotatable bonds is 3. The van der Waals surface area contributed by atoms with Gasteiger partial charge in [0, 0.05) is 0 Å². The normalized spacial score (nSPS) is 40.3. The first-order valence-electron chi connectivity index (χ1n) is 7.90. The third-order valence-corrected chi connectivity index (χ3v) is 6.30. The largest absolute Gasteiger partial charge is 0.392 e. The van der Waals surface area contributed by atoms with E-state index in [1.165, 1.54) is 36.0 Å². The second kappa shape index (κ2) is 4.09. The highest BCUT2D eigenvalue weighted by molar-refractivity contribution is 5.34. The fourth-order valence-electron chi connectivity index (χ4n) is 5.42. The summed E-state index contributed by atoms with van der Waals surface area (Å²) in [5, 5.41) is 10.7. The van der Waals surface area contributed by atoms with Gasteiger partial charge in [0.05, 0.1) is 6.10 Å². The van der Waals surface area contributed by atoms with Gasteiger partial charge in [-0.05, 0) is 85.8 Å². The molecule has 1 nitrogen and oxygen atoms in total. The Morgan fingerprint density at radius 1 is 1.11 bits per heavy atom. The summed E-state index contributed by atoms with van der Waals surface area (Å²) in [6, 6.07) is 6.46. The van der Waals surface area contributed by atoms with Gasteiger partial charge in [0.15, 0.2) is 0 Å². The van der Waals surface area contributed by atoms with Gasteiger partial charge in [-0.25, -0.2) is 0 Å². The number of hydrogen-bond donors (Lipinski definition) is 1. The minimum absolute atomic E-state index is 0.0989. The van der Waals surface area contributed by atoms with Crippen molar-refractivity contribution in [2.24, 2.45) is 29.6 Å². The van der Waals surface area contributed by atoms with Crippen molar-refractivity contribution in [1.82, 2.24) is 0 Å². The van der Waals surface area contributed by atoms with Crippen LogP contribution in [0.2, 0.25) is 0 Å². The fraction of sp³-hybridized carbons (Fsp3) is 0.667. The summed E-state index contributed by atoms with van der Waals surface area (Å²) in [6.45, 7) is 4.35. The second-order valence-electron chi connectivity index (χ2n) is 7.21. The Labute approximate surface area is 116 Å². The van der Waals surface area contributed by atoms with Crippen molar-refractivity contribution in [2.45, 2.75) is 45.6 Å². The highest BCUT2D eigenvalue weighted by Crippen LogP contribution is 2.70. The van der Waals surface area contributed by atoms with Gasteiger partial charge < -0.3 is 5.11 Å². The molecule has 5 atom stereocenters. The van der Waals surface area contributed by atoms with Gasteiger partial charge in [0.2, 0.25) is 0 Å². The van der Waals surface area contributed by atoms with Crippen LogP contribution >= 0.6 is 0 Å². The summed E-state index contributed by atoms with van der Waals surface area (Å²) in [6.07, 6.45) is 5.13. The monoisotopic (exact) mass is 256 g/mol. The number of aryl methyl sites for hydroxylation is 2. The lowest BCUT2D eigenvalue weighted by atomic mass is 9.92. The average Bonchev–Trinajstić information content (AvgIpc) is 2.83. The quantitative estimate of drug-likeness (QED) is 0.877. The third-order valence-electron chi connectivity index (χ3n) is 6.30. The molecule has 3 aliphatic rings. The zero-order chi connectivity index (χ0) is 13.1. The molecule has 0 aliphatic heterocycles. The minimum Gasteiger partial charge on any atom is -0.392 e. The van der Waals surface area contributed by atoms with Gasteiger partial charge in [-0.3, -0.25) is 0 Å². The first kappa shape index (κ1) is 12.0. The molecule has 1 aromatic rings. The van der Waals surface area contributed by atoms with Crippen molar-refractivity contribution < 1.29 is 5.11 Å². The van der Waals surface area contributed by atoms with E-state index in [-0.39, 0.29) is 6.10 Å². The molecule has 19 heavy (non-hydrogen) atoms. The molecule has 0 amide bonds. The van der Waals surface area contributed by atoms with Gasteiger partial charge in [-0.2, -0.15) is 0 Å². The highest BCUT2D eigenvalue weighted by atomic mass is 16.3. The highest BCUT2D eigenvalue weighted by Gasteiger charge is 2.66. The zero-order valence-corrected chi connectivity index (χ0v) is 12.0. The van der Waals surface area contributed by atoms with Crippen LogP contribution in [0.1, 0.15) is 36.0 Å². The van der Waals surface area contributed by atoms with E-state index in [1.807, 2.05) is 0 Å². The van der Waals surface area contributed by atoms with E-state index in [4.69, 9.17) is 0 Å². The maximum atomic E-state index is 10.7. The lowest BCUT2D eigenvalue weighted by Gasteiger charge is -2.18. The minimum atomic E-state index is -0.0989. The topological polar surface area (TPSA) is 20.2 Å². The number of hydrogen-bond acceptors (Lipinski definition) is 1. The van der Waals surface area contributed by atoms with Crippen LogP contribution in [0.5, 0.6) is 0 Å². The molecule has 0 aromatic heterocycles. The maximum absolute atomic E-state index is 10.7. The molecule has 2 bridgehead atoms. The Bertz CT molecular complexity index is 470. The van der Waals surface area contributed by atoms with Crippen molar-refractivity contribution in [1.29, 1.82) is 0 Å². The Kier molecular flexibility index (Phi) is 2.57. The van der Waals surface area contributed by atoms with Crippen molar-refractivity contribution in [2.75, 3.05) is 0 Å². The van der Waals surface area contributed by atoms with Crippen molar-refractivity contribution in [3.05, 3.63) is 34.9 Å². The van der Waals surface area contributed by atoms with Gasteiger partial charge in [-0.1, -0.05) is 18.2 Å². The summed E-state index contributed by atoms with van der Waals surface area (Å²) in [4.78, 5) is 0. The molecule has 0 radical (unpaired) electrons. The SMILES string of the molecule is Cc1cccc(C)c1CC(O)C1C2C3CCC(C3)C12. The van der Waals surface area contributed by atoms with Gasteiger partial charge >= 0.3 is 0 Å². The van der Waals surface area contributed by atoms with Gasteiger partial charge in [0.25, 0.3) is 0 Å². The molecule has 5 unspecified atom stereocenters. The van der Waals surface area contributed by atoms with Crippen LogP contribution in [0.15, 0.2) is 18.2 Å².